The van der Waals surface area contributed by atoms with Crippen molar-refractivity contribution in [2.24, 2.45) is 5.92 Å². The van der Waals surface area contributed by atoms with Crippen LogP contribution < -0.4 is 10.1 Å². The zero-order chi connectivity index (χ0) is 15.8. The summed E-state index contributed by atoms with van der Waals surface area (Å²) in [5.41, 5.74) is 0.0498. The molecule has 0 aliphatic carbocycles. The van der Waals surface area contributed by atoms with Crippen LogP contribution in [0.2, 0.25) is 0 Å². The molecule has 116 valence electrons. The van der Waals surface area contributed by atoms with E-state index in [2.05, 4.69) is 12.2 Å². The molecule has 0 radical (unpaired) electrons. The van der Waals surface area contributed by atoms with Crippen molar-refractivity contribution < 1.29 is 14.5 Å². The monoisotopic (exact) mass is 294 g/mol. The molecule has 21 heavy (non-hydrogen) atoms. The van der Waals surface area contributed by atoms with E-state index in [4.69, 9.17) is 4.74 Å². The largest absolute Gasteiger partial charge is 0.496 e. The molecule has 0 aliphatic rings. The number of nitro groups is 1. The maximum Gasteiger partial charge on any atom is 0.296 e. The van der Waals surface area contributed by atoms with Crippen LogP contribution in [0.1, 0.15) is 39.5 Å². The van der Waals surface area contributed by atoms with E-state index in [0.717, 1.165) is 25.7 Å². The number of nitro benzene ring substituents is 1. The quantitative estimate of drug-likeness (QED) is 0.584. The van der Waals surface area contributed by atoms with Gasteiger partial charge in [-0.3, -0.25) is 14.9 Å². The molecule has 0 aromatic heterocycles. The van der Waals surface area contributed by atoms with Crippen LogP contribution in [-0.2, 0) is 4.79 Å². The van der Waals surface area contributed by atoms with Gasteiger partial charge in [-0.05, 0) is 25.0 Å². The number of nitrogens with zero attached hydrogens (tertiary/aromatic N) is 1. The number of methoxy groups -OCH3 is 1. The second-order valence-electron chi connectivity index (χ2n) is 4.88. The number of hydrogen-bond donors (Lipinski definition) is 1. The van der Waals surface area contributed by atoms with Crippen molar-refractivity contribution in [3.05, 3.63) is 28.3 Å². The van der Waals surface area contributed by atoms with E-state index in [-0.39, 0.29) is 23.2 Å². The maximum atomic E-state index is 12.2. The number of ether oxygens (including phenoxy) is 1. The van der Waals surface area contributed by atoms with Gasteiger partial charge in [0.15, 0.2) is 0 Å². The first-order valence-corrected chi connectivity index (χ1v) is 7.16. The predicted molar refractivity (Wildman–Crippen MR) is 81.6 cm³/mol. The molecule has 1 amide bonds. The summed E-state index contributed by atoms with van der Waals surface area (Å²) >= 11 is 0. The molecule has 1 aromatic carbocycles. The van der Waals surface area contributed by atoms with Crippen LogP contribution in [-0.4, -0.2) is 17.9 Å². The lowest BCUT2D eigenvalue weighted by Crippen LogP contribution is -2.22. The zero-order valence-electron chi connectivity index (χ0n) is 12.7. The number of amides is 1. The Balaban J connectivity index is 2.90. The van der Waals surface area contributed by atoms with Crippen molar-refractivity contribution in [2.45, 2.75) is 39.5 Å². The summed E-state index contributed by atoms with van der Waals surface area (Å²) in [6, 6.07) is 4.40. The summed E-state index contributed by atoms with van der Waals surface area (Å²) < 4.78 is 4.97. The maximum absolute atomic E-state index is 12.2. The lowest BCUT2D eigenvalue weighted by Gasteiger charge is -2.14. The van der Waals surface area contributed by atoms with Crippen LogP contribution in [0, 0.1) is 16.0 Å². The summed E-state index contributed by atoms with van der Waals surface area (Å²) in [4.78, 5) is 22.8. The van der Waals surface area contributed by atoms with Gasteiger partial charge in [0, 0.05) is 5.92 Å². The number of unbranched alkanes of at least 4 members (excludes halogenated alkanes) is 1. The van der Waals surface area contributed by atoms with Gasteiger partial charge in [0.2, 0.25) is 5.91 Å². The Labute approximate surface area is 124 Å². The molecule has 0 aliphatic heterocycles. The number of benzene rings is 1. The minimum absolute atomic E-state index is 0.119. The number of nitrogens with one attached hydrogen (secondary N) is 1. The van der Waals surface area contributed by atoms with E-state index in [1.165, 1.54) is 19.2 Å². The first kappa shape index (κ1) is 16.9. The van der Waals surface area contributed by atoms with Gasteiger partial charge < -0.3 is 10.1 Å². The molecule has 0 saturated carbocycles. The lowest BCUT2D eigenvalue weighted by molar-refractivity contribution is -0.384. The van der Waals surface area contributed by atoms with Gasteiger partial charge >= 0.3 is 0 Å². The van der Waals surface area contributed by atoms with Crippen LogP contribution in [0.25, 0.3) is 0 Å². The van der Waals surface area contributed by atoms with Gasteiger partial charge in [-0.2, -0.15) is 0 Å². The number of anilines is 1. The molecule has 6 heteroatoms. The molecule has 1 N–H and O–H groups in total. The van der Waals surface area contributed by atoms with Crippen molar-refractivity contribution in [2.75, 3.05) is 12.4 Å². The molecule has 1 rings (SSSR count). The Bertz CT molecular complexity index is 502. The normalized spacial score (nSPS) is 11.8. The number of carbonyl (C=O) groups excluding carboxylic acids is 1. The van der Waals surface area contributed by atoms with Crippen molar-refractivity contribution >= 4 is 17.3 Å². The van der Waals surface area contributed by atoms with Gasteiger partial charge in [0.25, 0.3) is 5.69 Å². The van der Waals surface area contributed by atoms with E-state index in [9.17, 15) is 14.9 Å². The molecule has 1 atom stereocenters. The van der Waals surface area contributed by atoms with E-state index in [1.54, 1.807) is 6.07 Å². The summed E-state index contributed by atoms with van der Waals surface area (Å²) in [7, 11) is 1.44. The molecular formula is C15H22N2O4. The summed E-state index contributed by atoms with van der Waals surface area (Å²) in [5.74, 6) is 0.101. The Hall–Kier alpha value is -2.11. The van der Waals surface area contributed by atoms with Gasteiger partial charge in [0.05, 0.1) is 18.1 Å². The molecule has 6 nitrogen and oxygen atoms in total. The third-order valence-electron chi connectivity index (χ3n) is 3.43. The second kappa shape index (κ2) is 8.24. The lowest BCUT2D eigenvalue weighted by atomic mass is 9.98. The van der Waals surface area contributed by atoms with Crippen LogP contribution in [0.3, 0.4) is 0 Å². The third kappa shape index (κ3) is 4.73. The first-order chi connectivity index (χ1) is 10.0. The Morgan fingerprint density at radius 3 is 2.67 bits per heavy atom. The van der Waals surface area contributed by atoms with Gasteiger partial charge in [0.1, 0.15) is 11.4 Å². The van der Waals surface area contributed by atoms with Gasteiger partial charge in [-0.15, -0.1) is 0 Å². The second-order valence-corrected chi connectivity index (χ2v) is 4.88. The minimum atomic E-state index is -0.523. The minimum Gasteiger partial charge on any atom is -0.496 e. The molecular weight excluding hydrogens is 272 g/mol. The molecule has 1 unspecified atom stereocenters. The van der Waals surface area contributed by atoms with Crippen molar-refractivity contribution in [3.63, 3.8) is 0 Å². The number of carbonyl (C=O) groups is 1. The third-order valence-corrected chi connectivity index (χ3v) is 3.43. The summed E-state index contributed by atoms with van der Waals surface area (Å²) in [5, 5.41) is 13.7. The smallest absolute Gasteiger partial charge is 0.296 e. The molecule has 0 saturated heterocycles. The van der Waals surface area contributed by atoms with Crippen LogP contribution in [0.5, 0.6) is 5.75 Å². The molecule has 0 bridgehead atoms. The van der Waals surface area contributed by atoms with Crippen molar-refractivity contribution in [1.82, 2.24) is 0 Å². The van der Waals surface area contributed by atoms with Gasteiger partial charge in [-0.1, -0.05) is 26.7 Å². The highest BCUT2D eigenvalue weighted by molar-refractivity contribution is 5.94. The predicted octanol–water partition coefficient (Wildman–Crippen LogP) is 3.76. The highest BCUT2D eigenvalue weighted by Gasteiger charge is 2.21. The summed E-state index contributed by atoms with van der Waals surface area (Å²) in [6.07, 6.45) is 3.50. The fraction of sp³-hybridized carbons (Fsp3) is 0.533. The zero-order valence-corrected chi connectivity index (χ0v) is 12.7. The molecule has 1 aromatic rings. The molecule has 0 spiro atoms. The highest BCUT2D eigenvalue weighted by Crippen LogP contribution is 2.29. The number of rotatable bonds is 8. The fourth-order valence-corrected chi connectivity index (χ4v) is 2.10. The standard InChI is InChI=1S/C15H22N2O4/c1-4-6-7-11(5-2)15(18)16-13-9-8-12(21-3)10-14(13)17(19)20/h8-11H,4-7H2,1-3H3,(H,16,18). The van der Waals surface area contributed by atoms with Crippen LogP contribution in [0.4, 0.5) is 11.4 Å². The Kier molecular flexibility index (Phi) is 6.65. The SMILES string of the molecule is CCCCC(CC)C(=O)Nc1ccc(OC)cc1[N+](=O)[O-]. The van der Waals surface area contributed by atoms with Gasteiger partial charge in [-0.25, -0.2) is 0 Å². The van der Waals surface area contributed by atoms with E-state index in [0.29, 0.717) is 5.75 Å². The average Bonchev–Trinajstić information content (AvgIpc) is 2.48. The van der Waals surface area contributed by atoms with E-state index >= 15 is 0 Å². The van der Waals surface area contributed by atoms with E-state index < -0.39 is 4.92 Å². The Morgan fingerprint density at radius 2 is 2.14 bits per heavy atom. The highest BCUT2D eigenvalue weighted by atomic mass is 16.6. The number of hydrogen-bond acceptors (Lipinski definition) is 4. The topological polar surface area (TPSA) is 81.5 Å². The molecule has 0 heterocycles. The van der Waals surface area contributed by atoms with Crippen LogP contribution >= 0.6 is 0 Å². The molecule has 0 fully saturated rings. The van der Waals surface area contributed by atoms with Crippen molar-refractivity contribution in [1.29, 1.82) is 0 Å². The first-order valence-electron chi connectivity index (χ1n) is 7.16. The van der Waals surface area contributed by atoms with E-state index in [1.807, 2.05) is 6.92 Å². The average molecular weight is 294 g/mol. The Morgan fingerprint density at radius 1 is 1.43 bits per heavy atom. The van der Waals surface area contributed by atoms with Crippen molar-refractivity contribution in [3.8, 4) is 5.75 Å². The fourth-order valence-electron chi connectivity index (χ4n) is 2.10. The summed E-state index contributed by atoms with van der Waals surface area (Å²) in [6.45, 7) is 4.02. The van der Waals surface area contributed by atoms with Crippen LogP contribution in [0.15, 0.2) is 18.2 Å².